The number of methoxy groups -OCH3 is 1. The number of aromatic nitrogens is 4. The lowest BCUT2D eigenvalue weighted by molar-refractivity contribution is -0.111. The van der Waals surface area contributed by atoms with Crippen molar-refractivity contribution in [1.82, 2.24) is 20.2 Å². The fraction of sp³-hybridized carbons (Fsp3) is 0.200. The highest BCUT2D eigenvalue weighted by atomic mass is 16.5. The third-order valence-corrected chi connectivity index (χ3v) is 5.10. The molecule has 0 spiro atoms. The summed E-state index contributed by atoms with van der Waals surface area (Å²) in [6.07, 6.45) is 3.13. The third kappa shape index (κ3) is 4.85. The monoisotopic (exact) mass is 443 g/mol. The molecule has 2 aromatic heterocycles. The van der Waals surface area contributed by atoms with E-state index in [0.29, 0.717) is 23.0 Å². The van der Waals surface area contributed by atoms with Gasteiger partial charge in [0.1, 0.15) is 17.2 Å². The van der Waals surface area contributed by atoms with Crippen LogP contribution in [0.2, 0.25) is 0 Å². The van der Waals surface area contributed by atoms with Gasteiger partial charge in [-0.1, -0.05) is 57.2 Å². The Hall–Kier alpha value is -4.20. The van der Waals surface area contributed by atoms with Crippen molar-refractivity contribution in [2.24, 2.45) is 0 Å². The van der Waals surface area contributed by atoms with E-state index in [-0.39, 0.29) is 11.1 Å². The number of rotatable bonds is 6. The first kappa shape index (κ1) is 22.0. The molecule has 168 valence electrons. The Kier molecular flexibility index (Phi) is 6.08. The lowest BCUT2D eigenvalue weighted by atomic mass is 9.87. The number of tetrazole rings is 1. The zero-order chi connectivity index (χ0) is 23.4. The van der Waals surface area contributed by atoms with Gasteiger partial charge >= 0.3 is 0 Å². The van der Waals surface area contributed by atoms with Crippen molar-refractivity contribution in [2.75, 3.05) is 12.4 Å². The maximum atomic E-state index is 13.6. The van der Waals surface area contributed by atoms with E-state index in [1.54, 1.807) is 25.3 Å². The summed E-state index contributed by atoms with van der Waals surface area (Å²) in [5.74, 6) is 1.05. The molecule has 0 atom stereocenters. The van der Waals surface area contributed by atoms with Crippen LogP contribution in [0.3, 0.4) is 0 Å². The van der Waals surface area contributed by atoms with Crippen molar-refractivity contribution in [1.29, 1.82) is 0 Å². The van der Waals surface area contributed by atoms with E-state index in [9.17, 15) is 4.79 Å². The average Bonchev–Trinajstić information content (AvgIpc) is 3.49. The lowest BCUT2D eigenvalue weighted by Gasteiger charge is -2.21. The second kappa shape index (κ2) is 9.12. The van der Waals surface area contributed by atoms with Gasteiger partial charge in [0.2, 0.25) is 0 Å². The maximum absolute atomic E-state index is 13.6. The van der Waals surface area contributed by atoms with Gasteiger partial charge in [0.25, 0.3) is 5.91 Å². The SMILES string of the molecule is COc1ccc(C(C)(C)C)cc1NC(=O)C(=Cc1ccco1)n1nnnc1-c1ccccc1. The maximum Gasteiger partial charge on any atom is 0.274 e. The molecule has 0 radical (unpaired) electrons. The second-order valence-electron chi connectivity index (χ2n) is 8.44. The molecule has 8 heteroatoms. The van der Waals surface area contributed by atoms with Crippen LogP contribution >= 0.6 is 0 Å². The Labute approximate surface area is 191 Å². The molecule has 0 saturated heterocycles. The van der Waals surface area contributed by atoms with Crippen LogP contribution in [-0.4, -0.2) is 33.2 Å². The number of nitrogens with zero attached hydrogens (tertiary/aromatic N) is 4. The third-order valence-electron chi connectivity index (χ3n) is 5.10. The fourth-order valence-corrected chi connectivity index (χ4v) is 3.31. The standard InChI is InChI=1S/C25H25N5O3/c1-25(2,3)18-12-13-22(32-4)20(15-18)26-24(31)21(16-19-11-8-14-33-19)30-23(27-28-29-30)17-9-6-5-7-10-17/h5-16H,1-4H3,(H,26,31). The summed E-state index contributed by atoms with van der Waals surface area (Å²) >= 11 is 0. The average molecular weight is 444 g/mol. The molecule has 33 heavy (non-hydrogen) atoms. The number of amides is 1. The van der Waals surface area contributed by atoms with Crippen LogP contribution in [0.5, 0.6) is 5.75 Å². The molecule has 0 bridgehead atoms. The summed E-state index contributed by atoms with van der Waals surface area (Å²) in [5, 5.41) is 15.0. The number of nitrogens with one attached hydrogen (secondary N) is 1. The first-order chi connectivity index (χ1) is 15.9. The van der Waals surface area contributed by atoms with Gasteiger partial charge in [-0.15, -0.1) is 5.10 Å². The van der Waals surface area contributed by atoms with E-state index >= 15 is 0 Å². The topological polar surface area (TPSA) is 95.1 Å². The Morgan fingerprint density at radius 2 is 1.88 bits per heavy atom. The summed E-state index contributed by atoms with van der Waals surface area (Å²) in [6.45, 7) is 6.32. The van der Waals surface area contributed by atoms with E-state index in [2.05, 4.69) is 41.6 Å². The smallest absolute Gasteiger partial charge is 0.274 e. The molecule has 4 rings (SSSR count). The predicted molar refractivity (Wildman–Crippen MR) is 126 cm³/mol. The lowest BCUT2D eigenvalue weighted by Crippen LogP contribution is -2.20. The molecular formula is C25H25N5O3. The normalized spacial score (nSPS) is 11.9. The first-order valence-electron chi connectivity index (χ1n) is 10.5. The number of carbonyl (C=O) groups is 1. The van der Waals surface area contributed by atoms with Crippen LogP contribution in [-0.2, 0) is 10.2 Å². The van der Waals surface area contributed by atoms with Crippen molar-refractivity contribution in [3.05, 3.63) is 78.3 Å². The summed E-state index contributed by atoms with van der Waals surface area (Å²) < 4.78 is 12.3. The summed E-state index contributed by atoms with van der Waals surface area (Å²) in [5.41, 5.74) is 2.47. The number of hydrogen-bond acceptors (Lipinski definition) is 6. The van der Waals surface area contributed by atoms with Crippen LogP contribution in [0.25, 0.3) is 23.2 Å². The van der Waals surface area contributed by atoms with Gasteiger partial charge in [-0.25, -0.2) is 0 Å². The molecule has 4 aromatic rings. The van der Waals surface area contributed by atoms with E-state index in [0.717, 1.165) is 11.1 Å². The highest BCUT2D eigenvalue weighted by molar-refractivity contribution is 6.24. The Bertz CT molecular complexity index is 1270. The minimum atomic E-state index is -0.416. The molecule has 0 aliphatic heterocycles. The number of carbonyl (C=O) groups excluding carboxylic acids is 1. The van der Waals surface area contributed by atoms with E-state index < -0.39 is 5.91 Å². The van der Waals surface area contributed by atoms with Crippen LogP contribution in [0.4, 0.5) is 5.69 Å². The van der Waals surface area contributed by atoms with Crippen molar-refractivity contribution in [2.45, 2.75) is 26.2 Å². The van der Waals surface area contributed by atoms with Crippen molar-refractivity contribution in [3.63, 3.8) is 0 Å². The van der Waals surface area contributed by atoms with Crippen molar-refractivity contribution >= 4 is 23.4 Å². The quantitative estimate of drug-likeness (QED) is 0.427. The van der Waals surface area contributed by atoms with Gasteiger partial charge in [0.05, 0.1) is 19.1 Å². The molecule has 1 amide bonds. The molecule has 0 aliphatic carbocycles. The molecule has 1 N–H and O–H groups in total. The zero-order valence-corrected chi connectivity index (χ0v) is 18.9. The number of ether oxygens (including phenoxy) is 1. The van der Waals surface area contributed by atoms with Crippen LogP contribution in [0, 0.1) is 0 Å². The minimum absolute atomic E-state index is 0.102. The van der Waals surface area contributed by atoms with Gasteiger partial charge in [0, 0.05) is 11.6 Å². The van der Waals surface area contributed by atoms with E-state index in [1.807, 2.05) is 48.5 Å². The summed E-state index contributed by atoms with van der Waals surface area (Å²) in [4.78, 5) is 13.6. The Morgan fingerprint density at radius 3 is 2.55 bits per heavy atom. The first-order valence-corrected chi connectivity index (χ1v) is 10.5. The van der Waals surface area contributed by atoms with Gasteiger partial charge in [0.15, 0.2) is 5.82 Å². The van der Waals surface area contributed by atoms with Gasteiger partial charge < -0.3 is 14.5 Å². The number of anilines is 1. The molecule has 2 aromatic carbocycles. The highest BCUT2D eigenvalue weighted by Crippen LogP contribution is 2.32. The molecule has 0 unspecified atom stereocenters. The van der Waals surface area contributed by atoms with Gasteiger partial charge in [-0.05, 0) is 45.7 Å². The Balaban J connectivity index is 1.77. The summed E-state index contributed by atoms with van der Waals surface area (Å²) in [7, 11) is 1.57. The minimum Gasteiger partial charge on any atom is -0.495 e. The van der Waals surface area contributed by atoms with Crippen molar-refractivity contribution < 1.29 is 13.9 Å². The number of benzene rings is 2. The van der Waals surface area contributed by atoms with Gasteiger partial charge in [-0.3, -0.25) is 4.79 Å². The largest absolute Gasteiger partial charge is 0.495 e. The number of hydrogen-bond donors (Lipinski definition) is 1. The predicted octanol–water partition coefficient (Wildman–Crippen LogP) is 4.88. The zero-order valence-electron chi connectivity index (χ0n) is 18.9. The van der Waals surface area contributed by atoms with Crippen molar-refractivity contribution in [3.8, 4) is 17.1 Å². The molecule has 0 saturated carbocycles. The van der Waals surface area contributed by atoms with E-state index in [1.165, 1.54) is 10.9 Å². The molecule has 0 fully saturated rings. The van der Waals surface area contributed by atoms with E-state index in [4.69, 9.17) is 9.15 Å². The Morgan fingerprint density at radius 1 is 1.09 bits per heavy atom. The van der Waals surface area contributed by atoms with Gasteiger partial charge in [-0.2, -0.15) is 4.68 Å². The molecular weight excluding hydrogens is 418 g/mol. The van der Waals surface area contributed by atoms with Crippen LogP contribution in [0.15, 0.2) is 71.3 Å². The number of furan rings is 1. The summed E-state index contributed by atoms with van der Waals surface area (Å²) in [6, 6.07) is 18.7. The van der Waals surface area contributed by atoms with Crippen LogP contribution < -0.4 is 10.1 Å². The molecule has 0 aliphatic rings. The van der Waals surface area contributed by atoms with Crippen LogP contribution in [0.1, 0.15) is 32.1 Å². The molecule has 8 nitrogen and oxygen atoms in total. The second-order valence-corrected chi connectivity index (χ2v) is 8.44. The molecule has 2 heterocycles. The fourth-order valence-electron chi connectivity index (χ4n) is 3.31. The highest BCUT2D eigenvalue weighted by Gasteiger charge is 2.22.